The Morgan fingerprint density at radius 1 is 1.33 bits per heavy atom. The van der Waals surface area contributed by atoms with Crippen LogP contribution in [0.25, 0.3) is 0 Å². The number of alkyl halides is 3. The van der Waals surface area contributed by atoms with Crippen molar-refractivity contribution >= 4 is 0 Å². The standard InChI is InChI=1S/C13H19F3N4O/c1-2-17-10-7-21-6-9(10)12-19-18-11-4-3-8(5-20(11)12)13(14,15)16/h8-10,17H,2-7H2,1H3. The van der Waals surface area contributed by atoms with Crippen LogP contribution < -0.4 is 5.32 Å². The average Bonchev–Trinajstić information content (AvgIpc) is 3.03. The highest BCUT2D eigenvalue weighted by atomic mass is 19.4. The van der Waals surface area contributed by atoms with Gasteiger partial charge in [-0.3, -0.25) is 0 Å². The predicted molar refractivity (Wildman–Crippen MR) is 68.9 cm³/mol. The maximum atomic E-state index is 13.0. The minimum Gasteiger partial charge on any atom is -0.379 e. The summed E-state index contributed by atoms with van der Waals surface area (Å²) in [6.45, 7) is 3.75. The van der Waals surface area contributed by atoms with Gasteiger partial charge < -0.3 is 14.6 Å². The summed E-state index contributed by atoms with van der Waals surface area (Å²) >= 11 is 0. The fraction of sp³-hybridized carbons (Fsp3) is 0.846. The first kappa shape index (κ1) is 14.8. The lowest BCUT2D eigenvalue weighted by Crippen LogP contribution is -2.37. The molecule has 0 spiro atoms. The molecule has 1 N–H and O–H groups in total. The fourth-order valence-electron chi connectivity index (χ4n) is 3.16. The van der Waals surface area contributed by atoms with Crippen LogP contribution in [-0.4, -0.2) is 46.7 Å². The Bertz CT molecular complexity index is 502. The van der Waals surface area contributed by atoms with Crippen molar-refractivity contribution in [1.29, 1.82) is 0 Å². The van der Waals surface area contributed by atoms with Gasteiger partial charge in [0.05, 0.1) is 25.0 Å². The van der Waals surface area contributed by atoms with Gasteiger partial charge in [0.1, 0.15) is 11.6 Å². The van der Waals surface area contributed by atoms with Gasteiger partial charge in [0.25, 0.3) is 0 Å². The van der Waals surface area contributed by atoms with Crippen molar-refractivity contribution < 1.29 is 17.9 Å². The van der Waals surface area contributed by atoms with E-state index in [0.29, 0.717) is 31.3 Å². The lowest BCUT2D eigenvalue weighted by Gasteiger charge is -2.27. The van der Waals surface area contributed by atoms with E-state index in [4.69, 9.17) is 4.74 Å². The first-order valence-electron chi connectivity index (χ1n) is 7.30. The SMILES string of the molecule is CCNC1COCC1c1nnc2n1CC(C(F)(F)F)CC2. The number of nitrogens with one attached hydrogen (secondary N) is 1. The molecule has 1 aromatic heterocycles. The van der Waals surface area contributed by atoms with E-state index in [1.807, 2.05) is 6.92 Å². The van der Waals surface area contributed by atoms with Crippen LogP contribution in [0.4, 0.5) is 13.2 Å². The third-order valence-electron chi connectivity index (χ3n) is 4.32. The normalized spacial score (nSPS) is 29.6. The van der Waals surface area contributed by atoms with Crippen LogP contribution in [-0.2, 0) is 17.7 Å². The topological polar surface area (TPSA) is 52.0 Å². The molecule has 3 rings (SSSR count). The maximum absolute atomic E-state index is 13.0. The third-order valence-corrected chi connectivity index (χ3v) is 4.32. The number of rotatable bonds is 3. The van der Waals surface area contributed by atoms with E-state index in [0.717, 1.165) is 6.54 Å². The summed E-state index contributed by atoms with van der Waals surface area (Å²) in [6.07, 6.45) is -3.73. The quantitative estimate of drug-likeness (QED) is 0.919. The highest BCUT2D eigenvalue weighted by Gasteiger charge is 2.43. The van der Waals surface area contributed by atoms with Crippen LogP contribution >= 0.6 is 0 Å². The van der Waals surface area contributed by atoms with E-state index in [-0.39, 0.29) is 24.9 Å². The van der Waals surface area contributed by atoms with Gasteiger partial charge >= 0.3 is 6.18 Å². The Morgan fingerprint density at radius 3 is 2.86 bits per heavy atom. The molecule has 0 aliphatic carbocycles. The number of halogens is 3. The smallest absolute Gasteiger partial charge is 0.379 e. The number of hydrogen-bond acceptors (Lipinski definition) is 4. The zero-order valence-corrected chi connectivity index (χ0v) is 11.9. The number of ether oxygens (including phenoxy) is 1. The minimum atomic E-state index is -4.16. The van der Waals surface area contributed by atoms with E-state index < -0.39 is 12.1 Å². The van der Waals surface area contributed by atoms with Crippen molar-refractivity contribution in [2.75, 3.05) is 19.8 Å². The summed E-state index contributed by atoms with van der Waals surface area (Å²) in [4.78, 5) is 0. The van der Waals surface area contributed by atoms with Crippen molar-refractivity contribution in [3.63, 3.8) is 0 Å². The Morgan fingerprint density at radius 2 is 2.14 bits per heavy atom. The molecule has 21 heavy (non-hydrogen) atoms. The summed E-state index contributed by atoms with van der Waals surface area (Å²) in [5.74, 6) is -0.0483. The van der Waals surface area contributed by atoms with Gasteiger partial charge in [0.2, 0.25) is 0 Å². The summed E-state index contributed by atoms with van der Waals surface area (Å²) in [5, 5.41) is 11.5. The van der Waals surface area contributed by atoms with Crippen molar-refractivity contribution in [3.8, 4) is 0 Å². The number of fused-ring (bicyclic) bond motifs is 1. The Labute approximate surface area is 120 Å². The van der Waals surface area contributed by atoms with E-state index in [1.165, 1.54) is 0 Å². The Hall–Kier alpha value is -1.15. The van der Waals surface area contributed by atoms with Gasteiger partial charge in [-0.2, -0.15) is 13.2 Å². The van der Waals surface area contributed by atoms with Crippen molar-refractivity contribution in [2.45, 2.75) is 44.4 Å². The molecule has 1 saturated heterocycles. The van der Waals surface area contributed by atoms with Crippen LogP contribution in [0.3, 0.4) is 0 Å². The van der Waals surface area contributed by atoms with Crippen LogP contribution in [0.5, 0.6) is 0 Å². The Kier molecular flexibility index (Phi) is 3.92. The largest absolute Gasteiger partial charge is 0.393 e. The van der Waals surface area contributed by atoms with E-state index >= 15 is 0 Å². The molecule has 3 unspecified atom stereocenters. The number of aromatic nitrogens is 3. The lowest BCUT2D eigenvalue weighted by molar-refractivity contribution is -0.182. The lowest BCUT2D eigenvalue weighted by atomic mass is 9.97. The number of nitrogens with zero attached hydrogens (tertiary/aromatic N) is 3. The van der Waals surface area contributed by atoms with Crippen molar-refractivity contribution in [3.05, 3.63) is 11.6 Å². The molecule has 0 radical (unpaired) electrons. The van der Waals surface area contributed by atoms with Crippen LogP contribution in [0, 0.1) is 5.92 Å². The van der Waals surface area contributed by atoms with Crippen LogP contribution in [0.15, 0.2) is 0 Å². The highest BCUT2D eigenvalue weighted by molar-refractivity contribution is 5.10. The molecule has 2 aliphatic heterocycles. The number of aryl methyl sites for hydroxylation is 1. The van der Waals surface area contributed by atoms with Gasteiger partial charge in [0, 0.05) is 19.0 Å². The summed E-state index contributed by atoms with van der Waals surface area (Å²) in [5.41, 5.74) is 0. The van der Waals surface area contributed by atoms with E-state index in [1.54, 1.807) is 4.57 Å². The molecule has 3 heterocycles. The molecule has 0 saturated carbocycles. The van der Waals surface area contributed by atoms with E-state index in [2.05, 4.69) is 15.5 Å². The van der Waals surface area contributed by atoms with Gasteiger partial charge in [-0.1, -0.05) is 6.92 Å². The van der Waals surface area contributed by atoms with Gasteiger partial charge in [-0.25, -0.2) is 0 Å². The highest BCUT2D eigenvalue weighted by Crippen LogP contribution is 2.36. The summed E-state index contributed by atoms with van der Waals surface area (Å²) in [6, 6.07) is 0.0922. The molecule has 2 aliphatic rings. The predicted octanol–water partition coefficient (Wildman–Crippen LogP) is 1.49. The number of likely N-dealkylation sites (N-methyl/N-ethyl adjacent to an activating group) is 1. The second-order valence-corrected chi connectivity index (χ2v) is 5.67. The second kappa shape index (κ2) is 5.57. The third kappa shape index (κ3) is 2.78. The maximum Gasteiger partial charge on any atom is 0.393 e. The zero-order valence-electron chi connectivity index (χ0n) is 11.9. The fourth-order valence-corrected chi connectivity index (χ4v) is 3.16. The van der Waals surface area contributed by atoms with Crippen molar-refractivity contribution in [1.82, 2.24) is 20.1 Å². The molecule has 5 nitrogen and oxygen atoms in total. The molecule has 118 valence electrons. The molecular formula is C13H19F3N4O. The minimum absolute atomic E-state index is 0.0295. The van der Waals surface area contributed by atoms with E-state index in [9.17, 15) is 13.2 Å². The molecular weight excluding hydrogens is 285 g/mol. The first-order valence-corrected chi connectivity index (χ1v) is 7.30. The summed E-state index contributed by atoms with van der Waals surface area (Å²) < 4.78 is 46.0. The van der Waals surface area contributed by atoms with Crippen LogP contribution in [0.1, 0.15) is 30.9 Å². The molecule has 8 heteroatoms. The molecule has 1 aromatic rings. The van der Waals surface area contributed by atoms with Gasteiger partial charge in [0.15, 0.2) is 0 Å². The first-order chi connectivity index (χ1) is 10.0. The Balaban J connectivity index is 1.84. The molecule has 0 amide bonds. The van der Waals surface area contributed by atoms with Gasteiger partial charge in [-0.05, 0) is 13.0 Å². The monoisotopic (exact) mass is 304 g/mol. The van der Waals surface area contributed by atoms with Crippen LogP contribution in [0.2, 0.25) is 0 Å². The molecule has 0 bridgehead atoms. The van der Waals surface area contributed by atoms with Crippen molar-refractivity contribution in [2.24, 2.45) is 5.92 Å². The number of hydrogen-bond donors (Lipinski definition) is 1. The van der Waals surface area contributed by atoms with Gasteiger partial charge in [-0.15, -0.1) is 10.2 Å². The average molecular weight is 304 g/mol. The second-order valence-electron chi connectivity index (χ2n) is 5.67. The zero-order chi connectivity index (χ0) is 15.0. The molecule has 3 atom stereocenters. The molecule has 1 fully saturated rings. The molecule has 0 aromatic carbocycles. The summed E-state index contributed by atoms with van der Waals surface area (Å²) in [7, 11) is 0.